The average Bonchev–Trinajstić information content (AvgIpc) is 2.89. The zero-order valence-corrected chi connectivity index (χ0v) is 16.2. The third-order valence-corrected chi connectivity index (χ3v) is 6.35. The van der Waals surface area contributed by atoms with Crippen molar-refractivity contribution in [3.8, 4) is 0 Å². The highest BCUT2D eigenvalue weighted by Crippen LogP contribution is 2.33. The zero-order chi connectivity index (χ0) is 19.6. The van der Waals surface area contributed by atoms with Crippen LogP contribution in [0.1, 0.15) is 6.42 Å². The first kappa shape index (κ1) is 19.6. The minimum Gasteiger partial charge on any atom is -0.377 e. The Morgan fingerprint density at radius 1 is 1.00 bits per heavy atom. The summed E-state index contributed by atoms with van der Waals surface area (Å²) in [5.74, 6) is -1.85. The number of anilines is 2. The number of hydrogen-bond donors (Lipinski definition) is 1. The van der Waals surface area contributed by atoms with E-state index >= 15 is 0 Å². The second-order valence-corrected chi connectivity index (χ2v) is 8.66. The highest BCUT2D eigenvalue weighted by atomic mass is 32.2. The van der Waals surface area contributed by atoms with Crippen LogP contribution >= 0.6 is 0 Å². The summed E-state index contributed by atoms with van der Waals surface area (Å²) in [5.41, 5.74) is 1.40. The lowest BCUT2D eigenvalue weighted by Gasteiger charge is -2.25. The van der Waals surface area contributed by atoms with Crippen molar-refractivity contribution in [2.75, 3.05) is 50.1 Å². The predicted octanol–water partition coefficient (Wildman–Crippen LogP) is 2.66. The molecule has 8 heteroatoms. The highest BCUT2D eigenvalue weighted by molar-refractivity contribution is 7.91. The topological polar surface area (TPSA) is 52.6 Å². The molecule has 146 valence electrons. The van der Waals surface area contributed by atoms with Crippen molar-refractivity contribution in [3.63, 3.8) is 0 Å². The third kappa shape index (κ3) is 4.22. The fraction of sp³-hybridized carbons (Fsp3) is 0.368. The lowest BCUT2D eigenvalue weighted by atomic mass is 10.2. The maximum absolute atomic E-state index is 13.6. The minimum absolute atomic E-state index is 0.0224. The van der Waals surface area contributed by atoms with Gasteiger partial charge in [0.25, 0.3) is 0 Å². The second kappa shape index (κ2) is 7.82. The van der Waals surface area contributed by atoms with Crippen LogP contribution < -0.4 is 15.1 Å². The van der Waals surface area contributed by atoms with Gasteiger partial charge in [0.2, 0.25) is 9.84 Å². The average molecular weight is 395 g/mol. The molecule has 0 radical (unpaired) electrons. The lowest BCUT2D eigenvalue weighted by Crippen LogP contribution is -2.28. The molecule has 1 fully saturated rings. The Balaban J connectivity index is 2.06. The fourth-order valence-corrected chi connectivity index (χ4v) is 4.75. The van der Waals surface area contributed by atoms with Gasteiger partial charge in [0.15, 0.2) is 0 Å². The van der Waals surface area contributed by atoms with Gasteiger partial charge in [-0.2, -0.15) is 0 Å². The quantitative estimate of drug-likeness (QED) is 0.863. The largest absolute Gasteiger partial charge is 0.377 e. The summed E-state index contributed by atoms with van der Waals surface area (Å²) in [6.07, 6.45) is 1.000. The summed E-state index contributed by atoms with van der Waals surface area (Å²) < 4.78 is 53.1. The van der Waals surface area contributed by atoms with E-state index in [4.69, 9.17) is 0 Å². The highest BCUT2D eigenvalue weighted by Gasteiger charge is 2.25. The van der Waals surface area contributed by atoms with E-state index in [1.54, 1.807) is 25.1 Å². The Morgan fingerprint density at radius 2 is 1.70 bits per heavy atom. The van der Waals surface area contributed by atoms with E-state index in [1.165, 1.54) is 6.07 Å². The Kier molecular flexibility index (Phi) is 5.67. The van der Waals surface area contributed by atoms with Gasteiger partial charge >= 0.3 is 0 Å². The number of nitrogens with zero attached hydrogens (tertiary/aromatic N) is 2. The SMILES string of the molecule is CN(C)c1cc(N2CCCNCC2)ccc1S(=O)(=O)c1cc(F)cc(F)c1. The first-order chi connectivity index (χ1) is 12.8. The summed E-state index contributed by atoms with van der Waals surface area (Å²) in [5, 5.41) is 3.33. The maximum Gasteiger partial charge on any atom is 0.208 e. The van der Waals surface area contributed by atoms with Crippen LogP contribution in [0.25, 0.3) is 0 Å². The molecule has 1 N–H and O–H groups in total. The molecule has 5 nitrogen and oxygen atoms in total. The van der Waals surface area contributed by atoms with Crippen LogP contribution in [0.3, 0.4) is 0 Å². The van der Waals surface area contributed by atoms with Gasteiger partial charge in [0, 0.05) is 45.5 Å². The Labute approximate surface area is 158 Å². The van der Waals surface area contributed by atoms with E-state index in [0.29, 0.717) is 11.8 Å². The number of halogens is 2. The van der Waals surface area contributed by atoms with Gasteiger partial charge in [-0.05, 0) is 43.3 Å². The second-order valence-electron chi connectivity index (χ2n) is 6.75. The summed E-state index contributed by atoms with van der Waals surface area (Å²) in [7, 11) is -0.578. The van der Waals surface area contributed by atoms with Crippen LogP contribution in [0.4, 0.5) is 20.2 Å². The molecule has 0 bridgehead atoms. The molecule has 1 heterocycles. The van der Waals surface area contributed by atoms with E-state index in [9.17, 15) is 17.2 Å². The monoisotopic (exact) mass is 395 g/mol. The first-order valence-corrected chi connectivity index (χ1v) is 10.3. The van der Waals surface area contributed by atoms with Crippen LogP contribution in [0.2, 0.25) is 0 Å². The molecule has 2 aromatic rings. The third-order valence-electron chi connectivity index (χ3n) is 4.57. The number of rotatable bonds is 4. The molecule has 3 rings (SSSR count). The molecule has 0 aliphatic carbocycles. The van der Waals surface area contributed by atoms with E-state index < -0.39 is 26.4 Å². The molecule has 0 amide bonds. The first-order valence-electron chi connectivity index (χ1n) is 8.77. The number of nitrogens with one attached hydrogen (secondary N) is 1. The number of benzene rings is 2. The van der Waals surface area contributed by atoms with Gasteiger partial charge in [-0.3, -0.25) is 0 Å². The summed E-state index contributed by atoms with van der Waals surface area (Å²) in [6.45, 7) is 3.52. The normalized spacial score (nSPS) is 15.5. The minimum atomic E-state index is -4.07. The molecular weight excluding hydrogens is 372 g/mol. The van der Waals surface area contributed by atoms with E-state index in [1.807, 2.05) is 6.07 Å². The van der Waals surface area contributed by atoms with Crippen molar-refractivity contribution in [1.29, 1.82) is 0 Å². The summed E-state index contributed by atoms with van der Waals surface area (Å²) in [4.78, 5) is 3.52. The van der Waals surface area contributed by atoms with Crippen molar-refractivity contribution in [3.05, 3.63) is 48.0 Å². The van der Waals surface area contributed by atoms with Crippen molar-refractivity contribution < 1.29 is 17.2 Å². The molecule has 1 saturated heterocycles. The molecule has 1 aliphatic rings. The zero-order valence-electron chi connectivity index (χ0n) is 15.4. The Bertz CT molecular complexity index is 904. The van der Waals surface area contributed by atoms with Crippen LogP contribution in [0.15, 0.2) is 46.2 Å². The fourth-order valence-electron chi connectivity index (χ4n) is 3.19. The predicted molar refractivity (Wildman–Crippen MR) is 102 cm³/mol. The standard InChI is InChI=1S/C19H23F2N3O2S/c1-23(2)18-13-16(24-8-3-6-22-7-9-24)4-5-19(18)27(25,26)17-11-14(20)10-15(21)12-17/h4-5,10-13,22H,3,6-9H2,1-2H3. The summed E-state index contributed by atoms with van der Waals surface area (Å²) >= 11 is 0. The maximum atomic E-state index is 13.6. The van der Waals surface area contributed by atoms with Gasteiger partial charge in [0.05, 0.1) is 15.5 Å². The van der Waals surface area contributed by atoms with Crippen LogP contribution in [-0.4, -0.2) is 48.7 Å². The number of sulfone groups is 1. The van der Waals surface area contributed by atoms with Gasteiger partial charge < -0.3 is 15.1 Å². The van der Waals surface area contributed by atoms with Crippen molar-refractivity contribution >= 4 is 21.2 Å². The lowest BCUT2D eigenvalue weighted by molar-refractivity contribution is 0.567. The van der Waals surface area contributed by atoms with E-state index in [0.717, 1.165) is 50.4 Å². The van der Waals surface area contributed by atoms with Gasteiger partial charge in [-0.1, -0.05) is 0 Å². The van der Waals surface area contributed by atoms with Gasteiger partial charge in [-0.15, -0.1) is 0 Å². The van der Waals surface area contributed by atoms with Crippen molar-refractivity contribution in [1.82, 2.24) is 5.32 Å². The van der Waals surface area contributed by atoms with Gasteiger partial charge in [0.1, 0.15) is 11.6 Å². The molecule has 27 heavy (non-hydrogen) atoms. The Hall–Kier alpha value is -2.19. The van der Waals surface area contributed by atoms with Crippen LogP contribution in [0, 0.1) is 11.6 Å². The molecule has 0 unspecified atom stereocenters. The summed E-state index contributed by atoms with van der Waals surface area (Å²) in [6, 6.07) is 7.41. The van der Waals surface area contributed by atoms with Crippen molar-refractivity contribution in [2.45, 2.75) is 16.2 Å². The molecule has 2 aromatic carbocycles. The van der Waals surface area contributed by atoms with Crippen molar-refractivity contribution in [2.24, 2.45) is 0 Å². The molecule has 0 aromatic heterocycles. The molecule has 0 saturated carbocycles. The Morgan fingerprint density at radius 3 is 2.37 bits per heavy atom. The van der Waals surface area contributed by atoms with E-state index in [-0.39, 0.29) is 4.90 Å². The van der Waals surface area contributed by atoms with Crippen LogP contribution in [-0.2, 0) is 9.84 Å². The molecular formula is C19H23F2N3O2S. The molecule has 0 atom stereocenters. The smallest absolute Gasteiger partial charge is 0.208 e. The number of hydrogen-bond acceptors (Lipinski definition) is 5. The van der Waals surface area contributed by atoms with Crippen LogP contribution in [0.5, 0.6) is 0 Å². The molecule has 1 aliphatic heterocycles. The van der Waals surface area contributed by atoms with E-state index in [2.05, 4.69) is 10.2 Å². The van der Waals surface area contributed by atoms with Gasteiger partial charge in [-0.25, -0.2) is 17.2 Å². The molecule has 0 spiro atoms.